The molecule has 0 radical (unpaired) electrons. The van der Waals surface area contributed by atoms with Crippen LogP contribution in [0, 0.1) is 13.8 Å². The van der Waals surface area contributed by atoms with E-state index in [1.807, 2.05) is 63.2 Å². The van der Waals surface area contributed by atoms with Gasteiger partial charge in [-0.2, -0.15) is 5.10 Å². The van der Waals surface area contributed by atoms with Crippen molar-refractivity contribution in [2.24, 2.45) is 0 Å². The summed E-state index contributed by atoms with van der Waals surface area (Å²) in [6, 6.07) is 13.0. The standard InChI is InChI=1S/C19H20ClN5OS/c1-12-9-13(2)25(24-12)17-7-8-19(23-22-17)27-11-18(26)21-14(3)15-5-4-6-16(20)10-15/h4-10,14H,11H2,1-3H3,(H,21,26). The molecular weight excluding hydrogens is 382 g/mol. The number of hydrogen-bond acceptors (Lipinski definition) is 5. The zero-order chi connectivity index (χ0) is 19.4. The fourth-order valence-electron chi connectivity index (χ4n) is 2.65. The SMILES string of the molecule is Cc1cc(C)n(-c2ccc(SCC(=O)NC(C)c3cccc(Cl)c3)nn2)n1. The first kappa shape index (κ1) is 19.4. The molecule has 3 rings (SSSR count). The molecule has 0 spiro atoms. The summed E-state index contributed by atoms with van der Waals surface area (Å²) in [5, 5.41) is 17.1. The molecular formula is C19H20ClN5OS. The zero-order valence-corrected chi connectivity index (χ0v) is 16.9. The van der Waals surface area contributed by atoms with Crippen LogP contribution < -0.4 is 5.32 Å². The van der Waals surface area contributed by atoms with E-state index in [2.05, 4.69) is 20.6 Å². The molecule has 2 heterocycles. The van der Waals surface area contributed by atoms with Gasteiger partial charge in [0.2, 0.25) is 5.91 Å². The Kier molecular flexibility index (Phi) is 6.13. The molecule has 1 atom stereocenters. The average Bonchev–Trinajstić information content (AvgIpc) is 2.98. The number of carbonyl (C=O) groups is 1. The lowest BCUT2D eigenvalue weighted by Gasteiger charge is -2.14. The summed E-state index contributed by atoms with van der Waals surface area (Å²) < 4.78 is 1.75. The molecule has 8 heteroatoms. The minimum Gasteiger partial charge on any atom is -0.349 e. The Morgan fingerprint density at radius 3 is 2.67 bits per heavy atom. The van der Waals surface area contributed by atoms with E-state index < -0.39 is 0 Å². The Morgan fingerprint density at radius 2 is 2.04 bits per heavy atom. The monoisotopic (exact) mass is 401 g/mol. The number of amides is 1. The lowest BCUT2D eigenvalue weighted by molar-refractivity contribution is -0.119. The number of nitrogens with one attached hydrogen (secondary N) is 1. The number of aromatic nitrogens is 4. The summed E-state index contributed by atoms with van der Waals surface area (Å²) in [6.07, 6.45) is 0. The summed E-state index contributed by atoms with van der Waals surface area (Å²) in [6.45, 7) is 5.83. The second-order valence-electron chi connectivity index (χ2n) is 6.20. The maximum absolute atomic E-state index is 12.2. The van der Waals surface area contributed by atoms with Crippen LogP contribution in [-0.4, -0.2) is 31.6 Å². The summed E-state index contributed by atoms with van der Waals surface area (Å²) in [5.74, 6) is 0.847. The molecule has 27 heavy (non-hydrogen) atoms. The highest BCUT2D eigenvalue weighted by molar-refractivity contribution is 7.99. The Hall–Kier alpha value is -2.38. The molecule has 0 aliphatic heterocycles. The van der Waals surface area contributed by atoms with E-state index in [-0.39, 0.29) is 17.7 Å². The highest BCUT2D eigenvalue weighted by atomic mass is 35.5. The van der Waals surface area contributed by atoms with Crippen LogP contribution in [0.5, 0.6) is 0 Å². The van der Waals surface area contributed by atoms with Crippen LogP contribution in [0.4, 0.5) is 0 Å². The Morgan fingerprint density at radius 1 is 1.22 bits per heavy atom. The smallest absolute Gasteiger partial charge is 0.230 e. The molecule has 6 nitrogen and oxygen atoms in total. The third kappa shape index (κ3) is 5.08. The molecule has 0 fully saturated rings. The number of thioether (sulfide) groups is 1. The third-order valence-electron chi connectivity index (χ3n) is 3.93. The minimum absolute atomic E-state index is 0.0723. The molecule has 0 saturated carbocycles. The number of aryl methyl sites for hydroxylation is 2. The number of hydrogen-bond donors (Lipinski definition) is 1. The molecule has 1 N–H and O–H groups in total. The second kappa shape index (κ2) is 8.54. The molecule has 0 saturated heterocycles. The summed E-state index contributed by atoms with van der Waals surface area (Å²) in [4.78, 5) is 12.2. The van der Waals surface area contributed by atoms with Gasteiger partial charge >= 0.3 is 0 Å². The molecule has 3 aromatic rings. The molecule has 1 aromatic carbocycles. The highest BCUT2D eigenvalue weighted by Crippen LogP contribution is 2.19. The molecule has 1 amide bonds. The predicted octanol–water partition coefficient (Wildman–Crippen LogP) is 3.90. The van der Waals surface area contributed by atoms with E-state index in [0.29, 0.717) is 15.9 Å². The van der Waals surface area contributed by atoms with Gasteiger partial charge in [-0.25, -0.2) is 4.68 Å². The van der Waals surface area contributed by atoms with E-state index in [0.717, 1.165) is 17.0 Å². The van der Waals surface area contributed by atoms with Gasteiger partial charge in [-0.1, -0.05) is 35.5 Å². The number of rotatable bonds is 6. The summed E-state index contributed by atoms with van der Waals surface area (Å²) >= 11 is 7.34. The minimum atomic E-state index is -0.115. The first-order valence-electron chi connectivity index (χ1n) is 8.47. The van der Waals surface area contributed by atoms with Gasteiger partial charge in [0.05, 0.1) is 17.5 Å². The van der Waals surface area contributed by atoms with Crippen molar-refractivity contribution < 1.29 is 4.79 Å². The van der Waals surface area contributed by atoms with Crippen molar-refractivity contribution in [2.45, 2.75) is 31.8 Å². The van der Waals surface area contributed by atoms with E-state index in [1.54, 1.807) is 4.68 Å². The van der Waals surface area contributed by atoms with Crippen molar-refractivity contribution in [1.29, 1.82) is 0 Å². The van der Waals surface area contributed by atoms with Crippen LogP contribution in [0.3, 0.4) is 0 Å². The van der Waals surface area contributed by atoms with Gasteiger partial charge in [0.15, 0.2) is 5.82 Å². The van der Waals surface area contributed by atoms with Gasteiger partial charge < -0.3 is 5.32 Å². The van der Waals surface area contributed by atoms with Crippen molar-refractivity contribution in [2.75, 3.05) is 5.75 Å². The quantitative estimate of drug-likeness (QED) is 0.634. The Balaban J connectivity index is 1.55. The highest BCUT2D eigenvalue weighted by Gasteiger charge is 2.11. The van der Waals surface area contributed by atoms with Crippen LogP contribution in [0.25, 0.3) is 5.82 Å². The maximum Gasteiger partial charge on any atom is 0.230 e. The zero-order valence-electron chi connectivity index (χ0n) is 15.3. The summed E-state index contributed by atoms with van der Waals surface area (Å²) in [7, 11) is 0. The molecule has 0 aliphatic carbocycles. The Bertz CT molecular complexity index is 942. The fourth-order valence-corrected chi connectivity index (χ4v) is 3.47. The largest absolute Gasteiger partial charge is 0.349 e. The number of nitrogens with zero attached hydrogens (tertiary/aromatic N) is 4. The van der Waals surface area contributed by atoms with Crippen molar-refractivity contribution in [1.82, 2.24) is 25.3 Å². The molecule has 2 aromatic heterocycles. The fraction of sp³-hybridized carbons (Fsp3) is 0.263. The number of benzene rings is 1. The van der Waals surface area contributed by atoms with E-state index in [9.17, 15) is 4.79 Å². The van der Waals surface area contributed by atoms with Gasteiger partial charge in [0.1, 0.15) is 5.03 Å². The maximum atomic E-state index is 12.2. The number of carbonyl (C=O) groups excluding carboxylic acids is 1. The van der Waals surface area contributed by atoms with E-state index in [1.165, 1.54) is 11.8 Å². The Labute approximate surface area is 167 Å². The molecule has 0 aliphatic rings. The first-order valence-corrected chi connectivity index (χ1v) is 9.84. The van der Waals surface area contributed by atoms with Crippen molar-refractivity contribution >= 4 is 29.3 Å². The lowest BCUT2D eigenvalue weighted by Crippen LogP contribution is -2.28. The third-order valence-corrected chi connectivity index (χ3v) is 5.09. The average molecular weight is 402 g/mol. The van der Waals surface area contributed by atoms with Crippen molar-refractivity contribution in [3.05, 3.63) is 64.4 Å². The van der Waals surface area contributed by atoms with Crippen LogP contribution in [0.1, 0.15) is 29.9 Å². The van der Waals surface area contributed by atoms with Crippen molar-refractivity contribution in [3.63, 3.8) is 0 Å². The predicted molar refractivity (Wildman–Crippen MR) is 107 cm³/mol. The van der Waals surface area contributed by atoms with Crippen LogP contribution in [-0.2, 0) is 4.79 Å². The van der Waals surface area contributed by atoms with Crippen LogP contribution in [0.2, 0.25) is 5.02 Å². The molecule has 1 unspecified atom stereocenters. The lowest BCUT2D eigenvalue weighted by atomic mass is 10.1. The van der Waals surface area contributed by atoms with Crippen LogP contribution >= 0.6 is 23.4 Å². The molecule has 0 bridgehead atoms. The van der Waals surface area contributed by atoms with Gasteiger partial charge in [-0.3, -0.25) is 4.79 Å². The van der Waals surface area contributed by atoms with Crippen molar-refractivity contribution in [3.8, 4) is 5.82 Å². The van der Waals surface area contributed by atoms with Gasteiger partial charge in [0, 0.05) is 10.7 Å². The normalized spacial score (nSPS) is 12.0. The van der Waals surface area contributed by atoms with E-state index >= 15 is 0 Å². The second-order valence-corrected chi connectivity index (χ2v) is 7.63. The molecule has 140 valence electrons. The topological polar surface area (TPSA) is 72.7 Å². The van der Waals surface area contributed by atoms with Gasteiger partial charge in [-0.15, -0.1) is 10.2 Å². The van der Waals surface area contributed by atoms with Gasteiger partial charge in [-0.05, 0) is 56.7 Å². The van der Waals surface area contributed by atoms with Gasteiger partial charge in [0.25, 0.3) is 0 Å². The van der Waals surface area contributed by atoms with Crippen LogP contribution in [0.15, 0.2) is 47.5 Å². The van der Waals surface area contributed by atoms with E-state index in [4.69, 9.17) is 11.6 Å². The summed E-state index contributed by atoms with van der Waals surface area (Å²) in [5.41, 5.74) is 2.89. The first-order chi connectivity index (χ1) is 12.9. The number of halogens is 1.